The zero-order valence-corrected chi connectivity index (χ0v) is 29.8. The maximum Gasteiger partial charge on any atom is 0.243 e. The SMILES string of the molecule is CCCCCCCCCCCCCCCCCCn1cc[n+](CCCCCCCCCCCCCCCCCC)c1.[Cl-]. The van der Waals surface area contributed by atoms with E-state index in [0.29, 0.717) is 0 Å². The molecule has 0 saturated carbocycles. The number of aromatic nitrogens is 2. The molecule has 0 bridgehead atoms. The number of aryl methyl sites for hydroxylation is 2. The van der Waals surface area contributed by atoms with Gasteiger partial charge in [-0.1, -0.05) is 194 Å². The van der Waals surface area contributed by atoms with Gasteiger partial charge in [-0.2, -0.15) is 0 Å². The van der Waals surface area contributed by atoms with Gasteiger partial charge in [-0.25, -0.2) is 9.13 Å². The average Bonchev–Trinajstić information content (AvgIpc) is 3.44. The Morgan fingerprint density at radius 1 is 0.381 bits per heavy atom. The molecule has 3 heteroatoms. The molecule has 0 aliphatic rings. The van der Waals surface area contributed by atoms with E-state index in [2.05, 4.69) is 41.7 Å². The smallest absolute Gasteiger partial charge is 0.243 e. The molecular formula is C39H77ClN2. The van der Waals surface area contributed by atoms with E-state index in [-0.39, 0.29) is 12.4 Å². The molecule has 0 radical (unpaired) electrons. The summed E-state index contributed by atoms with van der Waals surface area (Å²) in [5.74, 6) is 0. The third-order valence-electron chi connectivity index (χ3n) is 9.29. The van der Waals surface area contributed by atoms with Gasteiger partial charge in [-0.15, -0.1) is 0 Å². The van der Waals surface area contributed by atoms with Crippen LogP contribution in [0.5, 0.6) is 0 Å². The molecule has 0 N–H and O–H groups in total. The predicted molar refractivity (Wildman–Crippen MR) is 184 cm³/mol. The summed E-state index contributed by atoms with van der Waals surface area (Å²) in [4.78, 5) is 0. The normalized spacial score (nSPS) is 11.3. The standard InChI is InChI=1S/C39H77N2.ClH/c1-3-5-7-9-11-13-15-17-19-21-23-25-27-29-31-33-35-40-37-38-41(39-40)36-34-32-30-28-26-24-22-20-18-16-14-12-10-8-6-4-2;/h37-39H,3-36H2,1-2H3;1H/q+1;/p-1. The van der Waals surface area contributed by atoms with Gasteiger partial charge < -0.3 is 12.4 Å². The molecular weight excluding hydrogens is 532 g/mol. The highest BCUT2D eigenvalue weighted by Crippen LogP contribution is 2.15. The largest absolute Gasteiger partial charge is 1.00 e. The maximum atomic E-state index is 2.41. The molecule has 0 saturated heterocycles. The Balaban J connectivity index is 0.0000168. The summed E-state index contributed by atoms with van der Waals surface area (Å²) in [5, 5.41) is 0. The van der Waals surface area contributed by atoms with Crippen molar-refractivity contribution >= 4 is 0 Å². The summed E-state index contributed by atoms with van der Waals surface area (Å²) in [7, 11) is 0. The van der Waals surface area contributed by atoms with E-state index in [1.165, 1.54) is 219 Å². The van der Waals surface area contributed by atoms with Gasteiger partial charge >= 0.3 is 0 Å². The molecule has 0 spiro atoms. The first-order valence-electron chi connectivity index (χ1n) is 19.4. The van der Waals surface area contributed by atoms with Crippen LogP contribution in [0.1, 0.15) is 219 Å². The third-order valence-corrected chi connectivity index (χ3v) is 9.29. The first kappa shape index (κ1) is 41.5. The zero-order chi connectivity index (χ0) is 29.3. The Morgan fingerprint density at radius 3 is 1.00 bits per heavy atom. The minimum atomic E-state index is 0. The lowest BCUT2D eigenvalue weighted by atomic mass is 10.0. The Hall–Kier alpha value is -0.500. The van der Waals surface area contributed by atoms with Gasteiger partial charge in [-0.05, 0) is 25.7 Å². The van der Waals surface area contributed by atoms with Crippen LogP contribution >= 0.6 is 0 Å². The molecule has 0 fully saturated rings. The summed E-state index contributed by atoms with van der Waals surface area (Å²) < 4.78 is 4.83. The number of hydrogen-bond acceptors (Lipinski definition) is 0. The topological polar surface area (TPSA) is 8.81 Å². The highest BCUT2D eigenvalue weighted by molar-refractivity contribution is 4.66. The second-order valence-corrected chi connectivity index (χ2v) is 13.5. The molecule has 1 aromatic rings. The van der Waals surface area contributed by atoms with E-state index in [4.69, 9.17) is 0 Å². The van der Waals surface area contributed by atoms with Crippen molar-refractivity contribution in [1.82, 2.24) is 4.57 Å². The van der Waals surface area contributed by atoms with Crippen LogP contribution < -0.4 is 17.0 Å². The first-order chi connectivity index (χ1) is 20.4. The predicted octanol–water partition coefficient (Wildman–Crippen LogP) is 10.3. The molecule has 42 heavy (non-hydrogen) atoms. The number of imidazole rings is 1. The van der Waals surface area contributed by atoms with Gasteiger partial charge in [0.05, 0.1) is 13.1 Å². The van der Waals surface area contributed by atoms with Crippen molar-refractivity contribution in [3.05, 3.63) is 18.7 Å². The van der Waals surface area contributed by atoms with E-state index in [9.17, 15) is 0 Å². The van der Waals surface area contributed by atoms with Crippen molar-refractivity contribution in [2.24, 2.45) is 0 Å². The van der Waals surface area contributed by atoms with Gasteiger partial charge in [-0.3, -0.25) is 0 Å². The zero-order valence-electron chi connectivity index (χ0n) is 29.0. The molecule has 0 aliphatic carbocycles. The fourth-order valence-electron chi connectivity index (χ4n) is 6.39. The minimum absolute atomic E-state index is 0. The number of unbranched alkanes of at least 4 members (excludes halogenated alkanes) is 30. The summed E-state index contributed by atoms with van der Waals surface area (Å²) in [6.07, 6.45) is 53.2. The summed E-state index contributed by atoms with van der Waals surface area (Å²) in [5.41, 5.74) is 0. The fraction of sp³-hybridized carbons (Fsp3) is 0.923. The van der Waals surface area contributed by atoms with E-state index in [0.717, 1.165) is 0 Å². The second-order valence-electron chi connectivity index (χ2n) is 13.5. The van der Waals surface area contributed by atoms with Gasteiger partial charge in [0, 0.05) is 0 Å². The van der Waals surface area contributed by atoms with Crippen molar-refractivity contribution < 1.29 is 17.0 Å². The quantitative estimate of drug-likeness (QED) is 0.0543. The Morgan fingerprint density at radius 2 is 0.667 bits per heavy atom. The van der Waals surface area contributed by atoms with E-state index < -0.39 is 0 Å². The van der Waals surface area contributed by atoms with Gasteiger partial charge in [0.25, 0.3) is 0 Å². The van der Waals surface area contributed by atoms with Crippen LogP contribution in [0.2, 0.25) is 0 Å². The van der Waals surface area contributed by atoms with Gasteiger partial charge in [0.2, 0.25) is 6.33 Å². The Kier molecular flexibility index (Phi) is 34.6. The molecule has 250 valence electrons. The van der Waals surface area contributed by atoms with Crippen LogP contribution in [-0.4, -0.2) is 4.57 Å². The molecule has 2 nitrogen and oxygen atoms in total. The maximum absolute atomic E-state index is 2.41. The molecule has 0 unspecified atom stereocenters. The van der Waals surface area contributed by atoms with E-state index in [1.54, 1.807) is 0 Å². The number of hydrogen-bond donors (Lipinski definition) is 0. The van der Waals surface area contributed by atoms with Crippen molar-refractivity contribution in [1.29, 1.82) is 0 Å². The molecule has 1 rings (SSSR count). The lowest BCUT2D eigenvalue weighted by Gasteiger charge is -2.03. The highest BCUT2D eigenvalue weighted by Gasteiger charge is 2.04. The summed E-state index contributed by atoms with van der Waals surface area (Å²) >= 11 is 0. The lowest BCUT2D eigenvalue weighted by molar-refractivity contribution is -0.696. The van der Waals surface area contributed by atoms with Crippen molar-refractivity contribution in [3.63, 3.8) is 0 Å². The summed E-state index contributed by atoms with van der Waals surface area (Å²) in [6.45, 7) is 7.01. The number of halogens is 1. The monoisotopic (exact) mass is 609 g/mol. The summed E-state index contributed by atoms with van der Waals surface area (Å²) in [6, 6.07) is 0. The number of nitrogens with zero attached hydrogens (tertiary/aromatic N) is 2. The van der Waals surface area contributed by atoms with Crippen LogP contribution in [0, 0.1) is 0 Å². The molecule has 0 amide bonds. The van der Waals surface area contributed by atoms with Gasteiger partial charge in [0.1, 0.15) is 12.4 Å². The lowest BCUT2D eigenvalue weighted by Crippen LogP contribution is -3.00. The highest BCUT2D eigenvalue weighted by atomic mass is 35.5. The van der Waals surface area contributed by atoms with E-state index >= 15 is 0 Å². The van der Waals surface area contributed by atoms with Crippen LogP contribution in [0.15, 0.2) is 18.7 Å². The molecule has 1 aromatic heterocycles. The van der Waals surface area contributed by atoms with Crippen LogP contribution in [-0.2, 0) is 13.1 Å². The van der Waals surface area contributed by atoms with Crippen molar-refractivity contribution in [2.45, 2.75) is 232 Å². The molecule has 0 aromatic carbocycles. The third kappa shape index (κ3) is 29.6. The van der Waals surface area contributed by atoms with E-state index in [1.807, 2.05) is 0 Å². The van der Waals surface area contributed by atoms with Crippen molar-refractivity contribution in [2.75, 3.05) is 0 Å². The second kappa shape index (κ2) is 35.0. The van der Waals surface area contributed by atoms with Crippen LogP contribution in [0.3, 0.4) is 0 Å². The van der Waals surface area contributed by atoms with Gasteiger partial charge in [0.15, 0.2) is 0 Å². The minimum Gasteiger partial charge on any atom is -1.00 e. The van der Waals surface area contributed by atoms with Crippen LogP contribution in [0.4, 0.5) is 0 Å². The molecule has 0 aliphatic heterocycles. The Labute approximate surface area is 272 Å². The Bertz CT molecular complexity index is 563. The molecule has 1 heterocycles. The average molecular weight is 610 g/mol. The number of rotatable bonds is 34. The first-order valence-corrected chi connectivity index (χ1v) is 19.4. The molecule has 0 atom stereocenters. The fourth-order valence-corrected chi connectivity index (χ4v) is 6.39. The van der Waals surface area contributed by atoms with Crippen LogP contribution in [0.25, 0.3) is 0 Å². The van der Waals surface area contributed by atoms with Crippen molar-refractivity contribution in [3.8, 4) is 0 Å².